The van der Waals surface area contributed by atoms with Crippen molar-refractivity contribution in [1.82, 2.24) is 14.6 Å². The molecule has 0 spiro atoms. The topological polar surface area (TPSA) is 47.3 Å². The molecule has 2 heterocycles. The third-order valence-corrected chi connectivity index (χ3v) is 5.48. The third kappa shape index (κ3) is 3.23. The summed E-state index contributed by atoms with van der Waals surface area (Å²) in [7, 11) is 0. The highest BCUT2D eigenvalue weighted by Crippen LogP contribution is 2.20. The molecule has 0 saturated heterocycles. The number of benzene rings is 1. The summed E-state index contributed by atoms with van der Waals surface area (Å²) in [6.07, 6.45) is 0.824. The van der Waals surface area contributed by atoms with E-state index < -0.39 is 0 Å². The minimum atomic E-state index is -0.0903. The van der Waals surface area contributed by atoms with Gasteiger partial charge in [-0.05, 0) is 24.5 Å². The zero-order chi connectivity index (χ0) is 15.5. The van der Waals surface area contributed by atoms with Crippen molar-refractivity contribution >= 4 is 28.1 Å². The Morgan fingerprint density at radius 1 is 1.27 bits per heavy atom. The van der Waals surface area contributed by atoms with E-state index in [0.717, 1.165) is 28.6 Å². The molecule has 0 aliphatic rings. The van der Waals surface area contributed by atoms with Crippen LogP contribution in [0.2, 0.25) is 0 Å². The second-order valence-electron chi connectivity index (χ2n) is 5.05. The maximum absolute atomic E-state index is 12.1. The highest BCUT2D eigenvalue weighted by molar-refractivity contribution is 7.97. The molecule has 4 nitrogen and oxygen atoms in total. The fraction of sp³-hybridized carbons (Fsp3) is 0.312. The zero-order valence-electron chi connectivity index (χ0n) is 12.6. The molecule has 0 atom stereocenters. The Bertz CT molecular complexity index is 854. The maximum Gasteiger partial charge on any atom is 0.275 e. The summed E-state index contributed by atoms with van der Waals surface area (Å²) in [5, 5.41) is 5.20. The Morgan fingerprint density at radius 2 is 2.09 bits per heavy atom. The first-order valence-corrected chi connectivity index (χ1v) is 9.15. The van der Waals surface area contributed by atoms with Gasteiger partial charge in [0.05, 0.1) is 5.69 Å². The van der Waals surface area contributed by atoms with Gasteiger partial charge in [0, 0.05) is 17.6 Å². The minimum Gasteiger partial charge on any atom is -0.267 e. The van der Waals surface area contributed by atoms with Crippen molar-refractivity contribution in [3.63, 3.8) is 0 Å². The quantitative estimate of drug-likeness (QED) is 0.718. The summed E-state index contributed by atoms with van der Waals surface area (Å²) in [6, 6.07) is 9.97. The number of hydrogen-bond acceptors (Lipinski definition) is 5. The molecule has 0 aliphatic carbocycles. The second kappa shape index (κ2) is 6.62. The molecule has 6 heteroatoms. The lowest BCUT2D eigenvalue weighted by atomic mass is 10.1. The molecule has 3 rings (SSSR count). The molecule has 0 bridgehead atoms. The van der Waals surface area contributed by atoms with Crippen molar-refractivity contribution < 1.29 is 0 Å². The fourth-order valence-electron chi connectivity index (χ4n) is 2.15. The van der Waals surface area contributed by atoms with E-state index in [0.29, 0.717) is 4.96 Å². The van der Waals surface area contributed by atoms with Gasteiger partial charge < -0.3 is 0 Å². The first-order chi connectivity index (χ1) is 10.7. The molecule has 114 valence electrons. The smallest absolute Gasteiger partial charge is 0.267 e. The highest BCUT2D eigenvalue weighted by atomic mass is 32.2. The van der Waals surface area contributed by atoms with Gasteiger partial charge in [0.1, 0.15) is 5.01 Å². The maximum atomic E-state index is 12.1. The van der Waals surface area contributed by atoms with Crippen LogP contribution in [0.1, 0.15) is 28.8 Å². The Morgan fingerprint density at radius 3 is 2.86 bits per heavy atom. The van der Waals surface area contributed by atoms with Crippen LogP contribution in [0.4, 0.5) is 0 Å². The number of hydrogen-bond donors (Lipinski definition) is 0. The van der Waals surface area contributed by atoms with Gasteiger partial charge >= 0.3 is 0 Å². The van der Waals surface area contributed by atoms with Crippen molar-refractivity contribution in [3.05, 3.63) is 62.5 Å². The van der Waals surface area contributed by atoms with Crippen LogP contribution >= 0.6 is 23.1 Å². The van der Waals surface area contributed by atoms with Crippen molar-refractivity contribution in [2.24, 2.45) is 0 Å². The summed E-state index contributed by atoms with van der Waals surface area (Å²) >= 11 is 3.27. The van der Waals surface area contributed by atoms with Crippen LogP contribution in [0.3, 0.4) is 0 Å². The molecule has 22 heavy (non-hydrogen) atoms. The molecule has 0 fully saturated rings. The van der Waals surface area contributed by atoms with E-state index in [4.69, 9.17) is 0 Å². The van der Waals surface area contributed by atoms with Gasteiger partial charge in [-0.25, -0.2) is 4.98 Å². The molecule has 0 amide bonds. The van der Waals surface area contributed by atoms with Crippen LogP contribution in [0.25, 0.3) is 4.96 Å². The first kappa shape index (κ1) is 15.2. The van der Waals surface area contributed by atoms with Crippen LogP contribution in [0, 0.1) is 6.92 Å². The van der Waals surface area contributed by atoms with E-state index in [1.807, 2.05) is 6.92 Å². The summed E-state index contributed by atoms with van der Waals surface area (Å²) in [6.45, 7) is 4.15. The van der Waals surface area contributed by atoms with Gasteiger partial charge in [0.2, 0.25) is 4.96 Å². The predicted molar refractivity (Wildman–Crippen MR) is 92.7 cm³/mol. The average molecular weight is 331 g/mol. The summed E-state index contributed by atoms with van der Waals surface area (Å²) < 4.78 is 1.40. The van der Waals surface area contributed by atoms with E-state index in [1.54, 1.807) is 17.8 Å². The number of aryl methyl sites for hydroxylation is 2. The number of thioether (sulfide) groups is 1. The van der Waals surface area contributed by atoms with Crippen LogP contribution in [0.15, 0.2) is 35.1 Å². The number of fused-ring (bicyclic) bond motifs is 1. The zero-order valence-corrected chi connectivity index (χ0v) is 14.2. The van der Waals surface area contributed by atoms with Crippen molar-refractivity contribution in [3.8, 4) is 0 Å². The summed E-state index contributed by atoms with van der Waals surface area (Å²) in [5.41, 5.74) is 3.37. The van der Waals surface area contributed by atoms with Gasteiger partial charge in [0.15, 0.2) is 0 Å². The number of rotatable bonds is 5. The molecule has 0 aliphatic heterocycles. The average Bonchev–Trinajstić information content (AvgIpc) is 2.93. The van der Waals surface area contributed by atoms with Crippen LogP contribution in [-0.2, 0) is 17.9 Å². The number of aromatic nitrogens is 3. The van der Waals surface area contributed by atoms with Crippen LogP contribution in [-0.4, -0.2) is 14.6 Å². The van der Waals surface area contributed by atoms with Crippen molar-refractivity contribution in [2.75, 3.05) is 0 Å². The van der Waals surface area contributed by atoms with Crippen molar-refractivity contribution in [1.29, 1.82) is 0 Å². The Labute approximate surface area is 137 Å². The SMILES string of the molecule is CCc1nn2c(=O)cc(CSCc3ccccc3C)nc2s1. The summed E-state index contributed by atoms with van der Waals surface area (Å²) in [4.78, 5) is 17.3. The Hall–Kier alpha value is -1.66. The van der Waals surface area contributed by atoms with E-state index in [-0.39, 0.29) is 5.56 Å². The second-order valence-corrected chi connectivity index (χ2v) is 7.07. The van der Waals surface area contributed by atoms with Gasteiger partial charge in [0.25, 0.3) is 5.56 Å². The molecular weight excluding hydrogens is 314 g/mol. The highest BCUT2D eigenvalue weighted by Gasteiger charge is 2.08. The lowest BCUT2D eigenvalue weighted by Gasteiger charge is -2.05. The van der Waals surface area contributed by atoms with Gasteiger partial charge in [-0.3, -0.25) is 4.79 Å². The largest absolute Gasteiger partial charge is 0.275 e. The first-order valence-electron chi connectivity index (χ1n) is 7.18. The summed E-state index contributed by atoms with van der Waals surface area (Å²) in [5.74, 6) is 1.66. The Kier molecular flexibility index (Phi) is 4.59. The van der Waals surface area contributed by atoms with E-state index in [9.17, 15) is 4.79 Å². The normalized spacial score (nSPS) is 11.2. The monoisotopic (exact) mass is 331 g/mol. The molecule has 0 saturated carbocycles. The van der Waals surface area contributed by atoms with Gasteiger partial charge in [-0.2, -0.15) is 21.4 Å². The van der Waals surface area contributed by atoms with Crippen molar-refractivity contribution in [2.45, 2.75) is 31.8 Å². The van der Waals surface area contributed by atoms with Crippen LogP contribution in [0.5, 0.6) is 0 Å². The van der Waals surface area contributed by atoms with E-state index in [2.05, 4.69) is 41.3 Å². The Balaban J connectivity index is 1.74. The molecule has 0 radical (unpaired) electrons. The molecule has 2 aromatic heterocycles. The van der Waals surface area contributed by atoms with Crippen LogP contribution < -0.4 is 5.56 Å². The molecular formula is C16H17N3OS2. The molecule has 3 aromatic rings. The molecule has 0 unspecified atom stereocenters. The fourth-order valence-corrected chi connectivity index (χ4v) is 4.01. The van der Waals surface area contributed by atoms with Gasteiger partial charge in [-0.15, -0.1) is 0 Å². The third-order valence-electron chi connectivity index (χ3n) is 3.41. The lowest BCUT2D eigenvalue weighted by molar-refractivity contribution is 0.852. The van der Waals surface area contributed by atoms with E-state index >= 15 is 0 Å². The van der Waals surface area contributed by atoms with Gasteiger partial charge in [-0.1, -0.05) is 42.5 Å². The van der Waals surface area contributed by atoms with E-state index in [1.165, 1.54) is 27.0 Å². The lowest BCUT2D eigenvalue weighted by Crippen LogP contribution is -2.15. The minimum absolute atomic E-state index is 0.0903. The molecule has 0 N–H and O–H groups in total. The number of nitrogens with zero attached hydrogens (tertiary/aromatic N) is 3. The predicted octanol–water partition coefficient (Wildman–Crippen LogP) is 3.46. The standard InChI is InChI=1S/C16H17N3OS2/c1-3-14-18-19-15(20)8-13(17-16(19)22-14)10-21-9-12-7-5-4-6-11(12)2/h4-8H,3,9-10H2,1-2H3. The molecule has 1 aromatic carbocycles.